The Hall–Kier alpha value is -2.56. The van der Waals surface area contributed by atoms with Gasteiger partial charge in [0.25, 0.3) is 0 Å². The van der Waals surface area contributed by atoms with Crippen LogP contribution in [-0.4, -0.2) is 26.2 Å². The number of nitrogen functional groups attached to an aromatic ring is 1. The van der Waals surface area contributed by atoms with E-state index in [1.165, 1.54) is 0 Å². The lowest BCUT2D eigenvalue weighted by Crippen LogP contribution is -2.21. The summed E-state index contributed by atoms with van der Waals surface area (Å²) in [6.45, 7) is 0. The smallest absolute Gasteiger partial charge is 0.203 e. The largest absolute Gasteiger partial charge is 0.495 e. The molecule has 0 fully saturated rings. The van der Waals surface area contributed by atoms with Gasteiger partial charge < -0.3 is 14.9 Å². The van der Waals surface area contributed by atoms with E-state index in [-0.39, 0.29) is 0 Å². The second-order valence-corrected chi connectivity index (χ2v) is 4.82. The number of nitrogens with zero attached hydrogens (tertiary/aromatic N) is 2. The highest BCUT2D eigenvalue weighted by Crippen LogP contribution is 2.30. The first kappa shape index (κ1) is 12.5. The molecule has 0 atom stereocenters. The average molecular weight is 270 g/mol. The van der Waals surface area contributed by atoms with Crippen LogP contribution in [0, 0.1) is 0 Å². The van der Waals surface area contributed by atoms with Crippen molar-refractivity contribution >= 4 is 16.8 Å². The second kappa shape index (κ2) is 4.52. The van der Waals surface area contributed by atoms with Crippen LogP contribution >= 0.6 is 0 Å². The minimum Gasteiger partial charge on any atom is -0.495 e. The Bertz CT molecular complexity index is 832. The molecule has 1 aliphatic heterocycles. The zero-order valence-electron chi connectivity index (χ0n) is 11.7. The molecule has 0 radical (unpaired) electrons. The molecule has 5 nitrogen and oxygen atoms in total. The fourth-order valence-corrected chi connectivity index (χ4v) is 2.11. The zero-order chi connectivity index (χ0) is 14.3. The van der Waals surface area contributed by atoms with E-state index in [0.29, 0.717) is 17.0 Å². The van der Waals surface area contributed by atoms with Gasteiger partial charge in [-0.15, -0.1) is 0 Å². The molecule has 102 valence electrons. The first-order valence-electron chi connectivity index (χ1n) is 6.27. The van der Waals surface area contributed by atoms with Gasteiger partial charge in [-0.1, -0.05) is 0 Å². The minimum absolute atomic E-state index is 0.536. The molecule has 3 rings (SSSR count). The van der Waals surface area contributed by atoms with E-state index in [1.807, 2.05) is 36.9 Å². The third kappa shape index (κ3) is 1.97. The summed E-state index contributed by atoms with van der Waals surface area (Å²) >= 11 is 0. The van der Waals surface area contributed by atoms with Crippen LogP contribution < -0.4 is 20.4 Å². The maximum Gasteiger partial charge on any atom is 0.203 e. The van der Waals surface area contributed by atoms with Gasteiger partial charge in [-0.05, 0) is 6.07 Å². The van der Waals surface area contributed by atoms with Gasteiger partial charge in [-0.25, -0.2) is 9.56 Å². The molecule has 1 aromatic carbocycles. The topological polar surface area (TPSA) is 64.3 Å². The summed E-state index contributed by atoms with van der Waals surface area (Å²) in [5.74, 6) is 1.33. The molecule has 0 saturated heterocycles. The number of methoxy groups -OCH3 is 1. The Labute approximate surface area is 116 Å². The van der Waals surface area contributed by atoms with Crippen LogP contribution in [0.4, 0.5) is 5.69 Å². The van der Waals surface area contributed by atoms with Crippen molar-refractivity contribution in [2.24, 2.45) is 0 Å². The van der Waals surface area contributed by atoms with Crippen molar-refractivity contribution in [2.45, 2.75) is 0 Å². The molecule has 1 heterocycles. The van der Waals surface area contributed by atoms with Crippen LogP contribution in [0.5, 0.6) is 5.75 Å². The van der Waals surface area contributed by atoms with Crippen molar-refractivity contribution in [3.05, 3.63) is 35.7 Å². The Morgan fingerprint density at radius 2 is 2.00 bits per heavy atom. The molecule has 2 N–H and O–H groups in total. The van der Waals surface area contributed by atoms with Crippen LogP contribution in [0.15, 0.2) is 34.7 Å². The highest BCUT2D eigenvalue weighted by Gasteiger charge is 2.12. The second-order valence-electron chi connectivity index (χ2n) is 4.82. The molecule has 0 bridgehead atoms. The summed E-state index contributed by atoms with van der Waals surface area (Å²) in [7, 11) is 5.55. The number of benzene rings is 2. The Morgan fingerprint density at radius 1 is 1.20 bits per heavy atom. The normalized spacial score (nSPS) is 10.9. The molecule has 1 aliphatic carbocycles. The van der Waals surface area contributed by atoms with Crippen LogP contribution in [0.25, 0.3) is 22.6 Å². The SMILES string of the molecule is COc1cc2nc3ccc(=[N+](C)C)cc-3oc2cc1N. The summed E-state index contributed by atoms with van der Waals surface area (Å²) in [4.78, 5) is 4.58. The predicted molar refractivity (Wildman–Crippen MR) is 78.7 cm³/mol. The molecular weight excluding hydrogens is 254 g/mol. The fourth-order valence-electron chi connectivity index (χ4n) is 2.11. The quantitative estimate of drug-likeness (QED) is 0.414. The lowest BCUT2D eigenvalue weighted by molar-refractivity contribution is 0.417. The molecule has 20 heavy (non-hydrogen) atoms. The van der Waals surface area contributed by atoms with Crippen LogP contribution in [0.1, 0.15) is 0 Å². The maximum atomic E-state index is 5.90. The number of hydrogen-bond acceptors (Lipinski definition) is 4. The Kier molecular flexibility index (Phi) is 2.82. The number of aromatic nitrogens is 1. The van der Waals surface area contributed by atoms with Crippen molar-refractivity contribution in [3.8, 4) is 17.2 Å². The van der Waals surface area contributed by atoms with Gasteiger partial charge in [0.1, 0.15) is 31.1 Å². The molecule has 0 unspecified atom stereocenters. The van der Waals surface area contributed by atoms with Gasteiger partial charge >= 0.3 is 0 Å². The van der Waals surface area contributed by atoms with E-state index < -0.39 is 0 Å². The van der Waals surface area contributed by atoms with Gasteiger partial charge in [0, 0.05) is 18.2 Å². The summed E-state index contributed by atoms with van der Waals surface area (Å²) in [6, 6.07) is 9.43. The van der Waals surface area contributed by atoms with E-state index in [2.05, 4.69) is 4.98 Å². The van der Waals surface area contributed by atoms with Crippen molar-refractivity contribution in [2.75, 3.05) is 26.9 Å². The summed E-state index contributed by atoms with van der Waals surface area (Å²) in [5.41, 5.74) is 8.60. The van der Waals surface area contributed by atoms with Gasteiger partial charge in [0.15, 0.2) is 11.3 Å². The number of anilines is 1. The van der Waals surface area contributed by atoms with E-state index in [9.17, 15) is 0 Å². The van der Waals surface area contributed by atoms with E-state index in [0.717, 1.165) is 22.3 Å². The molecule has 2 aliphatic rings. The van der Waals surface area contributed by atoms with Crippen LogP contribution in [-0.2, 0) is 0 Å². The summed E-state index contributed by atoms with van der Waals surface area (Å²) < 4.78 is 13.1. The number of fused-ring (bicyclic) bond motifs is 2. The van der Waals surface area contributed by atoms with Crippen molar-refractivity contribution in [1.82, 2.24) is 9.56 Å². The monoisotopic (exact) mass is 270 g/mol. The fraction of sp³-hybridized carbons (Fsp3) is 0.200. The Morgan fingerprint density at radius 3 is 2.70 bits per heavy atom. The molecule has 0 spiro atoms. The summed E-state index contributed by atoms with van der Waals surface area (Å²) in [5, 5.41) is 1.06. The van der Waals surface area contributed by atoms with Gasteiger partial charge in [-0.2, -0.15) is 0 Å². The predicted octanol–water partition coefficient (Wildman–Crippen LogP) is 1.56. The van der Waals surface area contributed by atoms with Crippen molar-refractivity contribution in [3.63, 3.8) is 0 Å². The number of ether oxygens (including phenoxy) is 1. The molecule has 0 amide bonds. The number of nitrogens with two attached hydrogens (primary N) is 1. The molecule has 5 heteroatoms. The first-order valence-corrected chi connectivity index (χ1v) is 6.27. The average Bonchev–Trinajstić information content (AvgIpc) is 2.43. The number of hydrogen-bond donors (Lipinski definition) is 1. The minimum atomic E-state index is 0.536. The molecular formula is C15H16N3O2+. The lowest BCUT2D eigenvalue weighted by atomic mass is 10.2. The highest BCUT2D eigenvalue weighted by molar-refractivity contribution is 5.82. The third-order valence-corrected chi connectivity index (χ3v) is 3.23. The Balaban J connectivity index is 2.35. The van der Waals surface area contributed by atoms with E-state index in [1.54, 1.807) is 19.2 Å². The zero-order valence-corrected chi connectivity index (χ0v) is 11.7. The van der Waals surface area contributed by atoms with E-state index >= 15 is 0 Å². The lowest BCUT2D eigenvalue weighted by Gasteiger charge is -2.08. The molecule has 0 aromatic heterocycles. The standard InChI is InChI=1S/C15H15N3O2/c1-18(2)9-4-5-11-14(6-9)20-15-7-10(16)13(19-3)8-12(15)17-11/h4-8,16H,1-3H3/p+1. The first-order chi connectivity index (χ1) is 9.58. The van der Waals surface area contributed by atoms with Crippen LogP contribution in [0.3, 0.4) is 0 Å². The van der Waals surface area contributed by atoms with Crippen molar-refractivity contribution in [1.29, 1.82) is 0 Å². The van der Waals surface area contributed by atoms with Crippen LogP contribution in [0.2, 0.25) is 0 Å². The van der Waals surface area contributed by atoms with E-state index in [4.69, 9.17) is 14.9 Å². The maximum absolute atomic E-state index is 5.90. The summed E-state index contributed by atoms with van der Waals surface area (Å²) in [6.07, 6.45) is 0. The number of rotatable bonds is 1. The van der Waals surface area contributed by atoms with Gasteiger partial charge in [-0.3, -0.25) is 0 Å². The third-order valence-electron chi connectivity index (χ3n) is 3.23. The van der Waals surface area contributed by atoms with Gasteiger partial charge in [0.05, 0.1) is 18.9 Å². The van der Waals surface area contributed by atoms with Gasteiger partial charge in [0.2, 0.25) is 5.36 Å². The van der Waals surface area contributed by atoms with Crippen molar-refractivity contribution < 1.29 is 9.15 Å². The molecule has 0 saturated carbocycles. The molecule has 1 aromatic rings. The highest BCUT2D eigenvalue weighted by atomic mass is 16.5.